The number of nitrogen functional groups attached to an aromatic ring is 1. The molecule has 0 aliphatic heterocycles. The molecule has 2 heterocycles. The number of aryl methyl sites for hydroxylation is 2. The van der Waals surface area contributed by atoms with Crippen molar-refractivity contribution in [2.24, 2.45) is 5.92 Å². The minimum absolute atomic E-state index is 0.222. The summed E-state index contributed by atoms with van der Waals surface area (Å²) in [6.07, 6.45) is 0. The molecule has 2 aromatic carbocycles. The van der Waals surface area contributed by atoms with Crippen LogP contribution in [0.3, 0.4) is 0 Å². The standard InChI is InChI=1S/C23H24N4O2/c1-13(2)12-29-23(28)19-20-22(26-18-8-6-5-7-17(18)25-20)27(21(19)24)16-10-9-14(3)15(4)11-16/h5-11,13H,12,24H2,1-4H3. The Kier molecular flexibility index (Phi) is 4.70. The van der Waals surface area contributed by atoms with E-state index in [1.807, 2.05) is 63.2 Å². The van der Waals surface area contributed by atoms with Crippen molar-refractivity contribution >= 4 is 34.0 Å². The van der Waals surface area contributed by atoms with E-state index in [1.165, 1.54) is 5.56 Å². The molecular weight excluding hydrogens is 364 g/mol. The molecule has 0 radical (unpaired) electrons. The van der Waals surface area contributed by atoms with Crippen molar-refractivity contribution in [3.63, 3.8) is 0 Å². The maximum Gasteiger partial charge on any atom is 0.344 e. The number of para-hydroxylation sites is 2. The van der Waals surface area contributed by atoms with Gasteiger partial charge in [0.2, 0.25) is 0 Å². The molecule has 0 fully saturated rings. The molecule has 0 amide bonds. The Morgan fingerprint density at radius 2 is 1.76 bits per heavy atom. The van der Waals surface area contributed by atoms with Crippen LogP contribution in [0.25, 0.3) is 27.9 Å². The minimum Gasteiger partial charge on any atom is -0.462 e. The molecule has 4 aromatic rings. The van der Waals surface area contributed by atoms with Gasteiger partial charge in [-0.1, -0.05) is 32.0 Å². The summed E-state index contributed by atoms with van der Waals surface area (Å²) in [6.45, 7) is 8.39. The van der Waals surface area contributed by atoms with Gasteiger partial charge in [-0.05, 0) is 55.2 Å². The summed E-state index contributed by atoms with van der Waals surface area (Å²) in [5, 5.41) is 0. The van der Waals surface area contributed by atoms with Crippen molar-refractivity contribution in [2.45, 2.75) is 27.7 Å². The van der Waals surface area contributed by atoms with Gasteiger partial charge in [0.05, 0.1) is 17.6 Å². The van der Waals surface area contributed by atoms with Crippen LogP contribution in [0, 0.1) is 19.8 Å². The molecule has 2 aromatic heterocycles. The Bertz CT molecular complexity index is 1240. The summed E-state index contributed by atoms with van der Waals surface area (Å²) in [5.41, 5.74) is 12.3. The zero-order valence-electron chi connectivity index (χ0n) is 17.1. The lowest BCUT2D eigenvalue weighted by molar-refractivity contribution is 0.0462. The van der Waals surface area contributed by atoms with Crippen molar-refractivity contribution in [3.8, 4) is 5.69 Å². The van der Waals surface area contributed by atoms with E-state index >= 15 is 0 Å². The maximum absolute atomic E-state index is 12.9. The van der Waals surface area contributed by atoms with Crippen molar-refractivity contribution in [1.29, 1.82) is 0 Å². The second-order valence-electron chi connectivity index (χ2n) is 7.74. The van der Waals surface area contributed by atoms with Gasteiger partial charge in [0.25, 0.3) is 0 Å². The van der Waals surface area contributed by atoms with Crippen LogP contribution >= 0.6 is 0 Å². The Balaban J connectivity index is 2.01. The molecule has 0 spiro atoms. The fourth-order valence-corrected chi connectivity index (χ4v) is 3.30. The molecule has 148 valence electrons. The van der Waals surface area contributed by atoms with Gasteiger partial charge < -0.3 is 10.5 Å². The number of carbonyl (C=O) groups is 1. The molecule has 0 unspecified atom stereocenters. The van der Waals surface area contributed by atoms with Crippen molar-refractivity contribution in [2.75, 3.05) is 12.3 Å². The molecule has 6 heteroatoms. The Hall–Kier alpha value is -3.41. The van der Waals surface area contributed by atoms with Crippen LogP contribution < -0.4 is 5.73 Å². The van der Waals surface area contributed by atoms with Crippen molar-refractivity contribution in [1.82, 2.24) is 14.5 Å². The largest absolute Gasteiger partial charge is 0.462 e. The predicted molar refractivity (Wildman–Crippen MR) is 115 cm³/mol. The van der Waals surface area contributed by atoms with Crippen molar-refractivity contribution in [3.05, 3.63) is 59.2 Å². The summed E-state index contributed by atoms with van der Waals surface area (Å²) in [6, 6.07) is 13.6. The van der Waals surface area contributed by atoms with Gasteiger partial charge >= 0.3 is 5.97 Å². The number of aromatic nitrogens is 3. The van der Waals surface area contributed by atoms with E-state index in [1.54, 1.807) is 4.57 Å². The monoisotopic (exact) mass is 388 g/mol. The number of hydrogen-bond acceptors (Lipinski definition) is 5. The predicted octanol–water partition coefficient (Wildman–Crippen LogP) is 4.59. The molecule has 6 nitrogen and oxygen atoms in total. The van der Waals surface area contributed by atoms with Crippen LogP contribution in [0.1, 0.15) is 35.3 Å². The summed E-state index contributed by atoms with van der Waals surface area (Å²) < 4.78 is 7.27. The fourth-order valence-electron chi connectivity index (χ4n) is 3.30. The van der Waals surface area contributed by atoms with Crippen LogP contribution in [0.2, 0.25) is 0 Å². The Morgan fingerprint density at radius 1 is 1.07 bits per heavy atom. The van der Waals surface area contributed by atoms with E-state index in [0.29, 0.717) is 23.3 Å². The molecular formula is C23H24N4O2. The van der Waals surface area contributed by atoms with Gasteiger partial charge in [0.1, 0.15) is 16.9 Å². The first kappa shape index (κ1) is 18.9. The lowest BCUT2D eigenvalue weighted by atomic mass is 10.1. The zero-order valence-corrected chi connectivity index (χ0v) is 17.1. The highest BCUT2D eigenvalue weighted by atomic mass is 16.5. The van der Waals surface area contributed by atoms with Crippen LogP contribution in [0.15, 0.2) is 42.5 Å². The normalized spacial score (nSPS) is 11.5. The molecule has 0 aliphatic carbocycles. The van der Waals surface area contributed by atoms with Gasteiger partial charge in [-0.2, -0.15) is 0 Å². The topological polar surface area (TPSA) is 83.0 Å². The first-order valence-corrected chi connectivity index (χ1v) is 9.68. The number of fused-ring (bicyclic) bond motifs is 2. The molecule has 2 N–H and O–H groups in total. The smallest absolute Gasteiger partial charge is 0.344 e. The highest BCUT2D eigenvalue weighted by molar-refractivity contribution is 6.09. The highest BCUT2D eigenvalue weighted by Gasteiger charge is 2.26. The lowest BCUT2D eigenvalue weighted by Crippen LogP contribution is -2.12. The van der Waals surface area contributed by atoms with Gasteiger partial charge in [0, 0.05) is 5.69 Å². The number of nitrogens with zero attached hydrogens (tertiary/aromatic N) is 3. The van der Waals surface area contributed by atoms with E-state index in [2.05, 4.69) is 6.92 Å². The number of rotatable bonds is 4. The third-order valence-corrected chi connectivity index (χ3v) is 5.00. The zero-order chi connectivity index (χ0) is 20.7. The third kappa shape index (κ3) is 3.31. The highest BCUT2D eigenvalue weighted by Crippen LogP contribution is 2.32. The molecule has 4 rings (SSSR count). The van der Waals surface area contributed by atoms with Crippen LogP contribution in [0.5, 0.6) is 0 Å². The van der Waals surface area contributed by atoms with Gasteiger partial charge in [-0.15, -0.1) is 0 Å². The van der Waals surface area contributed by atoms with E-state index in [4.69, 9.17) is 20.4 Å². The quantitative estimate of drug-likeness (QED) is 0.517. The number of benzene rings is 2. The molecule has 0 saturated heterocycles. The second kappa shape index (κ2) is 7.20. The average Bonchev–Trinajstić information content (AvgIpc) is 2.97. The summed E-state index contributed by atoms with van der Waals surface area (Å²) in [4.78, 5) is 22.4. The first-order chi connectivity index (χ1) is 13.9. The minimum atomic E-state index is -0.478. The van der Waals surface area contributed by atoms with Crippen LogP contribution in [-0.4, -0.2) is 27.1 Å². The number of anilines is 1. The Labute approximate surface area is 169 Å². The van der Waals surface area contributed by atoms with E-state index in [-0.39, 0.29) is 17.3 Å². The molecule has 0 aliphatic rings. The Morgan fingerprint density at radius 3 is 2.41 bits per heavy atom. The maximum atomic E-state index is 12.9. The van der Waals surface area contributed by atoms with Crippen LogP contribution in [0.4, 0.5) is 5.82 Å². The van der Waals surface area contributed by atoms with Gasteiger partial charge in [-0.3, -0.25) is 4.57 Å². The molecule has 0 saturated carbocycles. The van der Waals surface area contributed by atoms with Crippen molar-refractivity contribution < 1.29 is 9.53 Å². The number of esters is 1. The van der Waals surface area contributed by atoms with Crippen LogP contribution in [-0.2, 0) is 4.74 Å². The number of hydrogen-bond donors (Lipinski definition) is 1. The SMILES string of the molecule is Cc1ccc(-n2c(N)c(C(=O)OCC(C)C)c3nc4ccccc4nc32)cc1C. The average molecular weight is 388 g/mol. The van der Waals surface area contributed by atoms with E-state index in [9.17, 15) is 4.79 Å². The van der Waals surface area contributed by atoms with E-state index in [0.717, 1.165) is 16.8 Å². The number of ether oxygens (including phenoxy) is 1. The molecule has 29 heavy (non-hydrogen) atoms. The number of carbonyl (C=O) groups excluding carboxylic acids is 1. The third-order valence-electron chi connectivity index (χ3n) is 5.00. The molecule has 0 atom stereocenters. The molecule has 0 bridgehead atoms. The summed E-state index contributed by atoms with van der Waals surface area (Å²) in [7, 11) is 0. The van der Waals surface area contributed by atoms with Gasteiger partial charge in [0.15, 0.2) is 5.65 Å². The summed E-state index contributed by atoms with van der Waals surface area (Å²) in [5.74, 6) is 0.0286. The fraction of sp³-hybridized carbons (Fsp3) is 0.261. The first-order valence-electron chi connectivity index (χ1n) is 9.68. The second-order valence-corrected chi connectivity index (χ2v) is 7.74. The summed E-state index contributed by atoms with van der Waals surface area (Å²) >= 11 is 0. The van der Waals surface area contributed by atoms with Gasteiger partial charge in [-0.25, -0.2) is 14.8 Å². The lowest BCUT2D eigenvalue weighted by Gasteiger charge is -2.10. The number of nitrogens with two attached hydrogens (primary N) is 1. The van der Waals surface area contributed by atoms with E-state index < -0.39 is 5.97 Å².